The van der Waals surface area contributed by atoms with E-state index < -0.39 is 9.84 Å². The van der Waals surface area contributed by atoms with Crippen LogP contribution in [-0.4, -0.2) is 18.7 Å². The molecule has 1 atom stereocenters. The van der Waals surface area contributed by atoms with Crippen molar-refractivity contribution in [1.29, 1.82) is 0 Å². The zero-order valence-electron chi connectivity index (χ0n) is 27.2. The molecule has 6 aromatic rings. The number of furan rings is 1. The van der Waals surface area contributed by atoms with E-state index in [1.54, 1.807) is 24.3 Å². The van der Waals surface area contributed by atoms with Crippen molar-refractivity contribution in [3.63, 3.8) is 0 Å². The zero-order valence-corrected chi connectivity index (χ0v) is 28.0. The molecule has 244 valence electrons. The van der Waals surface area contributed by atoms with Crippen molar-refractivity contribution >= 4 is 20.7 Å². The normalized spacial score (nSPS) is 16.5. The summed E-state index contributed by atoms with van der Waals surface area (Å²) in [5, 5.41) is 1.17. The molecule has 2 aliphatic rings. The summed E-state index contributed by atoms with van der Waals surface area (Å²) in [7, 11) is -3.51. The molecular formula is C42H41NO4S. The van der Waals surface area contributed by atoms with Gasteiger partial charge in [0, 0.05) is 40.4 Å². The Morgan fingerprint density at radius 1 is 0.750 bits per heavy atom. The zero-order chi connectivity index (χ0) is 32.5. The molecule has 2 aromatic heterocycles. The number of rotatable bonds is 10. The first kappa shape index (κ1) is 30.9. The van der Waals surface area contributed by atoms with Crippen LogP contribution >= 0.6 is 0 Å². The minimum atomic E-state index is -3.51. The second kappa shape index (κ2) is 13.3. The van der Waals surface area contributed by atoms with Crippen LogP contribution in [0.15, 0.2) is 125 Å². The minimum Gasteiger partial charge on any atom is -0.462 e. The molecule has 0 N–H and O–H groups in total. The van der Waals surface area contributed by atoms with Gasteiger partial charge in [0.2, 0.25) is 0 Å². The summed E-state index contributed by atoms with van der Waals surface area (Å²) >= 11 is 0. The van der Waals surface area contributed by atoms with Crippen LogP contribution in [0.4, 0.5) is 0 Å². The second-order valence-electron chi connectivity index (χ2n) is 13.3. The molecule has 1 saturated carbocycles. The predicted molar refractivity (Wildman–Crippen MR) is 191 cm³/mol. The summed E-state index contributed by atoms with van der Waals surface area (Å²) in [6.45, 7) is 1.18. The van der Waals surface area contributed by atoms with Crippen molar-refractivity contribution in [3.05, 3.63) is 149 Å². The van der Waals surface area contributed by atoms with Crippen LogP contribution < -0.4 is 0 Å². The Morgan fingerprint density at radius 2 is 1.42 bits per heavy atom. The van der Waals surface area contributed by atoms with Gasteiger partial charge in [-0.2, -0.15) is 0 Å². The van der Waals surface area contributed by atoms with Gasteiger partial charge in [0.25, 0.3) is 0 Å². The smallest absolute Gasteiger partial charge is 0.180 e. The van der Waals surface area contributed by atoms with Gasteiger partial charge in [-0.05, 0) is 54.2 Å². The fraction of sp³-hybridized carbons (Fsp3) is 0.286. The van der Waals surface area contributed by atoms with Crippen molar-refractivity contribution in [2.24, 2.45) is 0 Å². The number of aromatic nitrogens is 1. The van der Waals surface area contributed by atoms with Crippen LogP contribution in [-0.2, 0) is 40.8 Å². The Kier molecular flexibility index (Phi) is 8.54. The Bertz CT molecular complexity index is 2130. The van der Waals surface area contributed by atoms with Crippen molar-refractivity contribution < 1.29 is 17.6 Å². The fourth-order valence-corrected chi connectivity index (χ4v) is 9.29. The van der Waals surface area contributed by atoms with Gasteiger partial charge in [-0.15, -0.1) is 0 Å². The predicted octanol–water partition coefficient (Wildman–Crippen LogP) is 9.83. The van der Waals surface area contributed by atoms with E-state index in [1.807, 2.05) is 24.3 Å². The number of para-hydroxylation sites is 1. The molecule has 48 heavy (non-hydrogen) atoms. The quantitative estimate of drug-likeness (QED) is 0.147. The second-order valence-corrected chi connectivity index (χ2v) is 15.4. The number of benzene rings is 4. The topological polar surface area (TPSA) is 61.4 Å². The molecule has 0 spiro atoms. The van der Waals surface area contributed by atoms with Gasteiger partial charge in [0.15, 0.2) is 9.84 Å². The van der Waals surface area contributed by atoms with Gasteiger partial charge in [0.05, 0.1) is 22.9 Å². The van der Waals surface area contributed by atoms with E-state index in [4.69, 9.17) is 9.15 Å². The maximum absolute atomic E-state index is 13.7. The molecule has 6 heteroatoms. The highest BCUT2D eigenvalue weighted by atomic mass is 32.2. The van der Waals surface area contributed by atoms with Gasteiger partial charge in [-0.3, -0.25) is 0 Å². The molecule has 4 aromatic carbocycles. The number of fused-ring (bicyclic) bond motifs is 5. The first-order valence-corrected chi connectivity index (χ1v) is 18.9. The van der Waals surface area contributed by atoms with Crippen molar-refractivity contribution in [1.82, 2.24) is 4.57 Å². The standard InChI is InChI=1S/C42H41NO4S/c44-48(45,33-21-11-4-12-22-33)26-25-43-37-24-14-13-23-34(37)39-35(31-17-7-2-8-18-31)27-36-40(41(39)43)38(29-46-28-30-15-5-1-6-16-30)47-42(36)32-19-9-3-10-20-32/h1-2,4-8,11-18,21-24,32,35H,3,9-10,19-20,25-29H2. The molecule has 2 aliphatic carbocycles. The van der Waals surface area contributed by atoms with E-state index in [0.717, 1.165) is 53.1 Å². The van der Waals surface area contributed by atoms with Gasteiger partial charge < -0.3 is 13.7 Å². The first-order valence-electron chi connectivity index (χ1n) is 17.3. The van der Waals surface area contributed by atoms with Crippen LogP contribution in [0.3, 0.4) is 0 Å². The van der Waals surface area contributed by atoms with Gasteiger partial charge in [-0.1, -0.05) is 116 Å². The van der Waals surface area contributed by atoms with Crippen LogP contribution in [0.2, 0.25) is 0 Å². The molecule has 0 radical (unpaired) electrons. The largest absolute Gasteiger partial charge is 0.462 e. The molecule has 1 fully saturated rings. The first-order chi connectivity index (χ1) is 23.6. The molecule has 0 aliphatic heterocycles. The molecular weight excluding hydrogens is 615 g/mol. The number of hydrogen-bond donors (Lipinski definition) is 0. The third kappa shape index (κ3) is 5.82. The molecule has 5 nitrogen and oxygen atoms in total. The van der Waals surface area contributed by atoms with Crippen LogP contribution in [0.1, 0.15) is 77.7 Å². The fourth-order valence-electron chi connectivity index (χ4n) is 8.06. The van der Waals surface area contributed by atoms with Crippen molar-refractivity contribution in [3.8, 4) is 11.3 Å². The van der Waals surface area contributed by atoms with E-state index in [1.165, 1.54) is 41.3 Å². The highest BCUT2D eigenvalue weighted by Gasteiger charge is 2.39. The maximum atomic E-state index is 13.7. The molecule has 0 amide bonds. The lowest BCUT2D eigenvalue weighted by Gasteiger charge is -2.28. The van der Waals surface area contributed by atoms with Gasteiger partial charge >= 0.3 is 0 Å². The van der Waals surface area contributed by atoms with Crippen molar-refractivity contribution in [2.75, 3.05) is 5.75 Å². The molecule has 8 rings (SSSR count). The van der Waals surface area contributed by atoms with Gasteiger partial charge in [0.1, 0.15) is 18.1 Å². The minimum absolute atomic E-state index is 0.000634. The highest BCUT2D eigenvalue weighted by molar-refractivity contribution is 7.91. The Morgan fingerprint density at radius 3 is 2.17 bits per heavy atom. The third-order valence-electron chi connectivity index (χ3n) is 10.3. The molecule has 0 bridgehead atoms. The monoisotopic (exact) mass is 655 g/mol. The molecule has 1 unspecified atom stereocenters. The lowest BCUT2D eigenvalue weighted by molar-refractivity contribution is 0.0918. The lowest BCUT2D eigenvalue weighted by atomic mass is 9.75. The lowest BCUT2D eigenvalue weighted by Crippen LogP contribution is -2.18. The number of aryl methyl sites for hydroxylation is 1. The highest BCUT2D eigenvalue weighted by Crippen LogP contribution is 2.53. The summed E-state index contributed by atoms with van der Waals surface area (Å²) in [6.07, 6.45) is 6.80. The van der Waals surface area contributed by atoms with E-state index in [2.05, 4.69) is 71.3 Å². The summed E-state index contributed by atoms with van der Waals surface area (Å²) in [5.74, 6) is 2.46. The van der Waals surface area contributed by atoms with E-state index in [9.17, 15) is 8.42 Å². The number of sulfone groups is 1. The summed E-state index contributed by atoms with van der Waals surface area (Å²) < 4.78 is 43.0. The molecule has 2 heterocycles. The SMILES string of the molecule is O=S(=O)(CCn1c2c(c3ccccc31)C(c1ccccc1)Cc1c(C3CCCCC3)oc(COCc3ccccc3)c1-2)c1ccccc1. The number of nitrogens with zero attached hydrogens (tertiary/aromatic N) is 1. The number of ether oxygens (including phenoxy) is 1. The van der Waals surface area contributed by atoms with E-state index in [0.29, 0.717) is 30.6 Å². The van der Waals surface area contributed by atoms with Gasteiger partial charge in [-0.25, -0.2) is 8.42 Å². The summed E-state index contributed by atoms with van der Waals surface area (Å²) in [5.41, 5.74) is 8.16. The maximum Gasteiger partial charge on any atom is 0.180 e. The Balaban J connectivity index is 1.30. The van der Waals surface area contributed by atoms with E-state index >= 15 is 0 Å². The van der Waals surface area contributed by atoms with Crippen LogP contribution in [0.5, 0.6) is 0 Å². The average Bonchev–Trinajstić information content (AvgIpc) is 3.67. The average molecular weight is 656 g/mol. The van der Waals surface area contributed by atoms with Crippen LogP contribution in [0, 0.1) is 0 Å². The summed E-state index contributed by atoms with van der Waals surface area (Å²) in [6, 6.07) is 38.3. The van der Waals surface area contributed by atoms with Crippen molar-refractivity contribution in [2.45, 2.75) is 75.0 Å². The molecule has 0 saturated heterocycles. The Hall–Kier alpha value is -4.39. The van der Waals surface area contributed by atoms with E-state index in [-0.39, 0.29) is 11.7 Å². The Labute approximate surface area is 283 Å². The van der Waals surface area contributed by atoms with Crippen LogP contribution in [0.25, 0.3) is 22.2 Å². The third-order valence-corrected chi connectivity index (χ3v) is 12.0. The summed E-state index contributed by atoms with van der Waals surface area (Å²) in [4.78, 5) is 0.357. The number of hydrogen-bond acceptors (Lipinski definition) is 4.